The van der Waals surface area contributed by atoms with E-state index in [1.165, 1.54) is 5.56 Å². The highest BCUT2D eigenvalue weighted by Crippen LogP contribution is 2.11. The summed E-state index contributed by atoms with van der Waals surface area (Å²) in [6, 6.07) is 8.36. The lowest BCUT2D eigenvalue weighted by molar-refractivity contribution is 0.0506. The third-order valence-electron chi connectivity index (χ3n) is 3.29. The number of amides is 1. The van der Waals surface area contributed by atoms with Crippen LogP contribution in [-0.4, -0.2) is 30.3 Å². The van der Waals surface area contributed by atoms with Crippen LogP contribution < -0.4 is 10.6 Å². The SMILES string of the molecule is CC(Cc1ccc(Cl)cc1)NCCC(C)NC(=O)OC(C)(C)C. The molecule has 2 atom stereocenters. The summed E-state index contributed by atoms with van der Waals surface area (Å²) in [6.45, 7) is 10.5. The van der Waals surface area contributed by atoms with E-state index in [2.05, 4.69) is 17.6 Å². The van der Waals surface area contributed by atoms with E-state index in [4.69, 9.17) is 16.3 Å². The lowest BCUT2D eigenvalue weighted by Crippen LogP contribution is -2.40. The predicted octanol–water partition coefficient (Wildman–Crippen LogP) is 4.16. The number of hydrogen-bond donors (Lipinski definition) is 2. The molecule has 1 amide bonds. The lowest BCUT2D eigenvalue weighted by Gasteiger charge is -2.22. The maximum atomic E-state index is 11.7. The van der Waals surface area contributed by atoms with E-state index < -0.39 is 5.60 Å². The number of carbonyl (C=O) groups excluding carboxylic acids is 1. The normalized spacial score (nSPS) is 14.2. The van der Waals surface area contributed by atoms with Crippen LogP contribution in [-0.2, 0) is 11.2 Å². The molecule has 0 aliphatic rings. The fourth-order valence-corrected chi connectivity index (χ4v) is 2.30. The lowest BCUT2D eigenvalue weighted by atomic mass is 10.1. The van der Waals surface area contributed by atoms with Gasteiger partial charge in [-0.25, -0.2) is 4.79 Å². The topological polar surface area (TPSA) is 50.4 Å². The number of rotatable bonds is 7. The van der Waals surface area contributed by atoms with Crippen LogP contribution in [0.1, 0.15) is 46.6 Å². The molecule has 2 N–H and O–H groups in total. The van der Waals surface area contributed by atoms with Crippen molar-refractivity contribution in [3.05, 3.63) is 34.9 Å². The first-order chi connectivity index (χ1) is 10.7. The van der Waals surface area contributed by atoms with Crippen LogP contribution in [0.25, 0.3) is 0 Å². The quantitative estimate of drug-likeness (QED) is 0.783. The van der Waals surface area contributed by atoms with Crippen LogP contribution in [0.5, 0.6) is 0 Å². The predicted molar refractivity (Wildman–Crippen MR) is 96.1 cm³/mol. The third kappa shape index (κ3) is 9.47. The summed E-state index contributed by atoms with van der Waals surface area (Å²) in [5.74, 6) is 0. The molecule has 1 aromatic carbocycles. The van der Waals surface area contributed by atoms with Crippen molar-refractivity contribution in [1.82, 2.24) is 10.6 Å². The summed E-state index contributed by atoms with van der Waals surface area (Å²) < 4.78 is 5.24. The first-order valence-electron chi connectivity index (χ1n) is 8.13. The number of carbonyl (C=O) groups is 1. The van der Waals surface area contributed by atoms with Crippen LogP contribution in [0.3, 0.4) is 0 Å². The standard InChI is InChI=1S/C18H29ClN2O2/c1-13(21-17(22)23-18(3,4)5)10-11-20-14(2)12-15-6-8-16(19)9-7-15/h6-9,13-14,20H,10-12H2,1-5H3,(H,21,22). The molecule has 2 unspecified atom stereocenters. The molecule has 1 aromatic rings. The zero-order valence-electron chi connectivity index (χ0n) is 14.8. The summed E-state index contributed by atoms with van der Waals surface area (Å²) in [4.78, 5) is 11.7. The Labute approximate surface area is 144 Å². The molecule has 1 rings (SSSR count). The summed E-state index contributed by atoms with van der Waals surface area (Å²) in [5.41, 5.74) is 0.795. The molecule has 0 aromatic heterocycles. The van der Waals surface area contributed by atoms with Gasteiger partial charge in [-0.05, 0) is 71.7 Å². The highest BCUT2D eigenvalue weighted by Gasteiger charge is 2.17. The summed E-state index contributed by atoms with van der Waals surface area (Å²) in [5, 5.41) is 7.08. The monoisotopic (exact) mass is 340 g/mol. The average molecular weight is 341 g/mol. The Morgan fingerprint density at radius 1 is 1.17 bits per heavy atom. The molecule has 0 saturated carbocycles. The van der Waals surface area contributed by atoms with Gasteiger partial charge in [-0.1, -0.05) is 23.7 Å². The first kappa shape index (κ1) is 19.8. The van der Waals surface area contributed by atoms with E-state index in [1.54, 1.807) is 0 Å². The molecule has 23 heavy (non-hydrogen) atoms. The van der Waals surface area contributed by atoms with E-state index in [1.807, 2.05) is 52.0 Å². The fourth-order valence-electron chi connectivity index (χ4n) is 2.17. The molecule has 4 nitrogen and oxygen atoms in total. The van der Waals surface area contributed by atoms with E-state index in [9.17, 15) is 4.79 Å². The van der Waals surface area contributed by atoms with Crippen molar-refractivity contribution < 1.29 is 9.53 Å². The molecule has 0 heterocycles. The highest BCUT2D eigenvalue weighted by molar-refractivity contribution is 6.30. The van der Waals surface area contributed by atoms with Crippen LogP contribution in [0.4, 0.5) is 4.79 Å². The van der Waals surface area contributed by atoms with Crippen molar-refractivity contribution in [2.45, 2.75) is 65.1 Å². The van der Waals surface area contributed by atoms with Crippen molar-refractivity contribution in [3.63, 3.8) is 0 Å². The van der Waals surface area contributed by atoms with Gasteiger partial charge in [-0.15, -0.1) is 0 Å². The van der Waals surface area contributed by atoms with Crippen molar-refractivity contribution in [2.24, 2.45) is 0 Å². The Morgan fingerprint density at radius 2 is 1.78 bits per heavy atom. The zero-order chi connectivity index (χ0) is 17.5. The minimum absolute atomic E-state index is 0.0695. The summed E-state index contributed by atoms with van der Waals surface area (Å²) in [6.07, 6.45) is 1.44. The number of benzene rings is 1. The first-order valence-corrected chi connectivity index (χ1v) is 8.51. The number of ether oxygens (including phenoxy) is 1. The van der Waals surface area contributed by atoms with Crippen molar-refractivity contribution >= 4 is 17.7 Å². The van der Waals surface area contributed by atoms with Gasteiger partial charge in [0.05, 0.1) is 0 Å². The van der Waals surface area contributed by atoms with Gasteiger partial charge in [-0.2, -0.15) is 0 Å². The van der Waals surface area contributed by atoms with E-state index in [-0.39, 0.29) is 12.1 Å². The molecule has 0 aliphatic heterocycles. The van der Waals surface area contributed by atoms with Gasteiger partial charge in [0.25, 0.3) is 0 Å². The second-order valence-corrected chi connectivity index (χ2v) is 7.46. The molecule has 0 bridgehead atoms. The Bertz CT molecular complexity index is 483. The highest BCUT2D eigenvalue weighted by atomic mass is 35.5. The average Bonchev–Trinajstić information content (AvgIpc) is 2.39. The van der Waals surface area contributed by atoms with Crippen LogP contribution >= 0.6 is 11.6 Å². The van der Waals surface area contributed by atoms with Gasteiger partial charge in [0.1, 0.15) is 5.60 Å². The van der Waals surface area contributed by atoms with E-state index >= 15 is 0 Å². The minimum atomic E-state index is -0.463. The number of hydrogen-bond acceptors (Lipinski definition) is 3. The molecular formula is C18H29ClN2O2. The van der Waals surface area contributed by atoms with Gasteiger partial charge in [0, 0.05) is 17.1 Å². The molecule has 0 saturated heterocycles. The molecule has 0 radical (unpaired) electrons. The number of halogens is 1. The molecule has 5 heteroatoms. The minimum Gasteiger partial charge on any atom is -0.444 e. The Kier molecular flexibility index (Phi) is 7.86. The van der Waals surface area contributed by atoms with Crippen molar-refractivity contribution in [2.75, 3.05) is 6.54 Å². The largest absolute Gasteiger partial charge is 0.444 e. The molecular weight excluding hydrogens is 312 g/mol. The maximum Gasteiger partial charge on any atom is 0.407 e. The Balaban J connectivity index is 2.22. The third-order valence-corrected chi connectivity index (χ3v) is 3.54. The Hall–Kier alpha value is -1.26. The van der Waals surface area contributed by atoms with Gasteiger partial charge in [0.15, 0.2) is 0 Å². The fraction of sp³-hybridized carbons (Fsp3) is 0.611. The molecule has 130 valence electrons. The summed E-state index contributed by atoms with van der Waals surface area (Å²) in [7, 11) is 0. The molecule has 0 fully saturated rings. The van der Waals surface area contributed by atoms with Crippen LogP contribution in [0, 0.1) is 0 Å². The van der Waals surface area contributed by atoms with E-state index in [0.29, 0.717) is 6.04 Å². The van der Waals surface area contributed by atoms with Gasteiger partial charge < -0.3 is 15.4 Å². The maximum absolute atomic E-state index is 11.7. The van der Waals surface area contributed by atoms with Crippen LogP contribution in [0.2, 0.25) is 5.02 Å². The van der Waals surface area contributed by atoms with Gasteiger partial charge in [-0.3, -0.25) is 0 Å². The smallest absolute Gasteiger partial charge is 0.407 e. The summed E-state index contributed by atoms with van der Waals surface area (Å²) >= 11 is 5.89. The van der Waals surface area contributed by atoms with Crippen molar-refractivity contribution in [3.8, 4) is 0 Å². The molecule has 0 spiro atoms. The van der Waals surface area contributed by atoms with E-state index in [0.717, 1.165) is 24.4 Å². The van der Waals surface area contributed by atoms with Gasteiger partial charge in [0.2, 0.25) is 0 Å². The van der Waals surface area contributed by atoms with Gasteiger partial charge >= 0.3 is 6.09 Å². The second kappa shape index (κ2) is 9.14. The number of nitrogens with one attached hydrogen (secondary N) is 2. The number of alkyl carbamates (subject to hydrolysis) is 1. The van der Waals surface area contributed by atoms with Crippen molar-refractivity contribution in [1.29, 1.82) is 0 Å². The second-order valence-electron chi connectivity index (χ2n) is 7.02. The Morgan fingerprint density at radius 3 is 2.35 bits per heavy atom. The molecule has 0 aliphatic carbocycles. The van der Waals surface area contributed by atoms with Crippen LogP contribution in [0.15, 0.2) is 24.3 Å². The zero-order valence-corrected chi connectivity index (χ0v) is 15.5.